The molecule has 2 aliphatic rings. The second kappa shape index (κ2) is 6.42. The summed E-state index contributed by atoms with van der Waals surface area (Å²) in [6.07, 6.45) is 0. The van der Waals surface area contributed by atoms with Crippen molar-refractivity contribution < 1.29 is 4.74 Å². The van der Waals surface area contributed by atoms with Crippen LogP contribution >= 0.6 is 0 Å². The molecule has 0 bridgehead atoms. The molecule has 0 atom stereocenters. The standard InChI is InChI=1S/C31H20BNO/c1-19-15-16-23-26(17-19)33-25-13-7-5-11-21(25)29-22(20-9-3-2-4-10-20)18-28-30(31(29)33)32(23)24-12-6-8-14-27(24)34-28/h2-18H,1H3. The van der Waals surface area contributed by atoms with Crippen molar-refractivity contribution in [2.45, 2.75) is 6.92 Å². The molecular weight excluding hydrogens is 413 g/mol. The number of benzene rings is 5. The van der Waals surface area contributed by atoms with Gasteiger partial charge in [-0.3, -0.25) is 0 Å². The second-order valence-electron chi connectivity index (χ2n) is 9.41. The number of rotatable bonds is 1. The highest BCUT2D eigenvalue weighted by molar-refractivity contribution is 6.99. The van der Waals surface area contributed by atoms with Gasteiger partial charge in [0.2, 0.25) is 0 Å². The molecule has 6 aromatic rings. The summed E-state index contributed by atoms with van der Waals surface area (Å²) >= 11 is 0. The van der Waals surface area contributed by atoms with E-state index in [0.29, 0.717) is 0 Å². The fourth-order valence-corrected chi connectivity index (χ4v) is 6.12. The lowest BCUT2D eigenvalue weighted by atomic mass is 9.34. The van der Waals surface area contributed by atoms with Crippen molar-refractivity contribution in [3.8, 4) is 28.3 Å². The zero-order valence-electron chi connectivity index (χ0n) is 18.7. The Bertz CT molecular complexity index is 1800. The summed E-state index contributed by atoms with van der Waals surface area (Å²) in [5.41, 5.74) is 11.4. The molecule has 0 saturated heterocycles. The SMILES string of the molecule is Cc1ccc2c(c1)-n1c3ccccc3c3c(-c4ccccc4)cc4c(c31)B2c1ccccc1O4. The molecule has 2 nitrogen and oxygen atoms in total. The van der Waals surface area contributed by atoms with Gasteiger partial charge in [0.05, 0.1) is 11.0 Å². The van der Waals surface area contributed by atoms with Gasteiger partial charge in [0.15, 0.2) is 0 Å². The Morgan fingerprint density at radius 3 is 2.41 bits per heavy atom. The van der Waals surface area contributed by atoms with E-state index in [1.807, 2.05) is 0 Å². The van der Waals surface area contributed by atoms with Gasteiger partial charge in [-0.15, -0.1) is 0 Å². The van der Waals surface area contributed by atoms with Crippen LogP contribution in [0.1, 0.15) is 5.56 Å². The van der Waals surface area contributed by atoms with Crippen LogP contribution in [0.2, 0.25) is 0 Å². The van der Waals surface area contributed by atoms with Crippen LogP contribution in [0.5, 0.6) is 11.5 Å². The minimum Gasteiger partial charge on any atom is -0.458 e. The fraction of sp³-hybridized carbons (Fsp3) is 0.0323. The molecule has 0 fully saturated rings. The Morgan fingerprint density at radius 1 is 0.706 bits per heavy atom. The number of hydrogen-bond donors (Lipinski definition) is 0. The number of aryl methyl sites for hydroxylation is 1. The average Bonchev–Trinajstić information content (AvgIpc) is 3.23. The summed E-state index contributed by atoms with van der Waals surface area (Å²) < 4.78 is 9.11. The number of aromatic nitrogens is 1. The fourth-order valence-electron chi connectivity index (χ4n) is 6.12. The van der Waals surface area contributed by atoms with Crippen LogP contribution in [0, 0.1) is 6.92 Å². The predicted octanol–water partition coefficient (Wildman–Crippen LogP) is 5.69. The number of nitrogens with zero attached hydrogens (tertiary/aromatic N) is 1. The summed E-state index contributed by atoms with van der Waals surface area (Å²) in [5.74, 6) is 1.92. The largest absolute Gasteiger partial charge is 0.458 e. The summed E-state index contributed by atoms with van der Waals surface area (Å²) in [6.45, 7) is 2.34. The van der Waals surface area contributed by atoms with Crippen molar-refractivity contribution in [3.63, 3.8) is 0 Å². The quantitative estimate of drug-likeness (QED) is 0.303. The molecule has 0 radical (unpaired) electrons. The third-order valence-corrected chi connectivity index (χ3v) is 7.50. The number of para-hydroxylation sites is 2. The highest BCUT2D eigenvalue weighted by Crippen LogP contribution is 2.43. The molecule has 0 N–H and O–H groups in total. The summed E-state index contributed by atoms with van der Waals surface area (Å²) in [4.78, 5) is 0. The van der Waals surface area contributed by atoms with E-state index in [0.717, 1.165) is 11.5 Å². The highest BCUT2D eigenvalue weighted by Gasteiger charge is 2.41. The molecule has 1 aromatic heterocycles. The van der Waals surface area contributed by atoms with Crippen molar-refractivity contribution in [2.75, 3.05) is 0 Å². The van der Waals surface area contributed by atoms with Gasteiger partial charge in [-0.2, -0.15) is 0 Å². The van der Waals surface area contributed by atoms with E-state index < -0.39 is 0 Å². The van der Waals surface area contributed by atoms with E-state index in [9.17, 15) is 0 Å². The maximum absolute atomic E-state index is 6.63. The predicted molar refractivity (Wildman–Crippen MR) is 142 cm³/mol. The van der Waals surface area contributed by atoms with Gasteiger partial charge in [-0.1, -0.05) is 78.9 Å². The lowest BCUT2D eigenvalue weighted by Gasteiger charge is -2.33. The van der Waals surface area contributed by atoms with Crippen LogP contribution in [0.3, 0.4) is 0 Å². The molecule has 0 aliphatic carbocycles. The van der Waals surface area contributed by atoms with Gasteiger partial charge in [0, 0.05) is 16.5 Å². The molecule has 8 rings (SSSR count). The monoisotopic (exact) mass is 433 g/mol. The topological polar surface area (TPSA) is 14.2 Å². The first kappa shape index (κ1) is 18.2. The number of hydrogen-bond acceptors (Lipinski definition) is 1. The minimum absolute atomic E-state index is 0.152. The van der Waals surface area contributed by atoms with Crippen molar-refractivity contribution in [1.82, 2.24) is 4.57 Å². The Kier molecular flexibility index (Phi) is 3.44. The lowest BCUT2D eigenvalue weighted by molar-refractivity contribution is 0.488. The summed E-state index contributed by atoms with van der Waals surface area (Å²) in [6, 6.07) is 37.2. The Morgan fingerprint density at radius 2 is 1.50 bits per heavy atom. The van der Waals surface area contributed by atoms with Gasteiger partial charge < -0.3 is 9.30 Å². The smallest absolute Gasteiger partial charge is 0.256 e. The van der Waals surface area contributed by atoms with Crippen molar-refractivity contribution in [3.05, 3.63) is 109 Å². The maximum atomic E-state index is 6.63. The molecule has 0 spiro atoms. The first-order valence-electron chi connectivity index (χ1n) is 11.8. The lowest BCUT2D eigenvalue weighted by Crippen LogP contribution is -2.58. The Balaban J connectivity index is 1.65. The van der Waals surface area contributed by atoms with E-state index in [4.69, 9.17) is 4.74 Å². The van der Waals surface area contributed by atoms with Crippen LogP contribution < -0.4 is 21.1 Å². The van der Waals surface area contributed by atoms with E-state index in [1.165, 1.54) is 60.6 Å². The zero-order valence-corrected chi connectivity index (χ0v) is 18.7. The second-order valence-corrected chi connectivity index (χ2v) is 9.41. The van der Waals surface area contributed by atoms with Crippen molar-refractivity contribution in [2.24, 2.45) is 0 Å². The van der Waals surface area contributed by atoms with E-state index >= 15 is 0 Å². The van der Waals surface area contributed by atoms with E-state index in [2.05, 4.69) is 115 Å². The molecule has 34 heavy (non-hydrogen) atoms. The number of fused-ring (bicyclic) bond motifs is 8. The summed E-state index contributed by atoms with van der Waals surface area (Å²) in [7, 11) is 0. The van der Waals surface area contributed by atoms with Crippen molar-refractivity contribution in [1.29, 1.82) is 0 Å². The minimum atomic E-state index is 0.152. The molecule has 158 valence electrons. The van der Waals surface area contributed by atoms with Crippen LogP contribution in [-0.4, -0.2) is 11.3 Å². The van der Waals surface area contributed by atoms with Crippen molar-refractivity contribution >= 4 is 44.9 Å². The summed E-state index contributed by atoms with van der Waals surface area (Å²) in [5, 5.41) is 2.59. The molecule has 3 heteroatoms. The molecule has 0 saturated carbocycles. The molecule has 2 aliphatic heterocycles. The maximum Gasteiger partial charge on any atom is 0.256 e. The normalized spacial score (nSPS) is 13.0. The van der Waals surface area contributed by atoms with Gasteiger partial charge in [0.25, 0.3) is 6.71 Å². The first-order valence-corrected chi connectivity index (χ1v) is 11.8. The highest BCUT2D eigenvalue weighted by atomic mass is 16.5. The van der Waals surface area contributed by atoms with Gasteiger partial charge in [-0.25, -0.2) is 0 Å². The molecule has 0 amide bonds. The average molecular weight is 433 g/mol. The Hall–Kier alpha value is -4.24. The van der Waals surface area contributed by atoms with Gasteiger partial charge in [-0.05, 0) is 64.3 Å². The third kappa shape index (κ3) is 2.21. The number of ether oxygens (including phenoxy) is 1. The Labute approximate surface area is 198 Å². The van der Waals surface area contributed by atoms with Crippen LogP contribution in [0.25, 0.3) is 38.6 Å². The first-order chi connectivity index (χ1) is 16.8. The van der Waals surface area contributed by atoms with Gasteiger partial charge in [0.1, 0.15) is 11.5 Å². The molecule has 3 heterocycles. The molecule has 5 aromatic carbocycles. The zero-order chi connectivity index (χ0) is 22.4. The molecule has 0 unspecified atom stereocenters. The molecular formula is C31H20BNO. The third-order valence-electron chi connectivity index (χ3n) is 7.50. The van der Waals surface area contributed by atoms with E-state index in [1.54, 1.807) is 0 Å². The van der Waals surface area contributed by atoms with Crippen LogP contribution in [-0.2, 0) is 0 Å². The van der Waals surface area contributed by atoms with Crippen LogP contribution in [0.15, 0.2) is 103 Å². The van der Waals surface area contributed by atoms with Crippen LogP contribution in [0.4, 0.5) is 0 Å². The van der Waals surface area contributed by atoms with Gasteiger partial charge >= 0.3 is 0 Å². The van der Waals surface area contributed by atoms with E-state index in [-0.39, 0.29) is 6.71 Å².